The molecule has 0 unspecified atom stereocenters. The van der Waals surface area contributed by atoms with Gasteiger partial charge in [-0.3, -0.25) is 0 Å². The van der Waals surface area contributed by atoms with Gasteiger partial charge in [0.25, 0.3) is 0 Å². The summed E-state index contributed by atoms with van der Waals surface area (Å²) < 4.78 is 6.89. The smallest absolute Gasteiger partial charge is 0.162 e. The Morgan fingerprint density at radius 2 is 2.00 bits per heavy atom. The number of nitrogens with one attached hydrogen (secondary N) is 1. The molecule has 0 radical (unpaired) electrons. The summed E-state index contributed by atoms with van der Waals surface area (Å²) in [5.74, 6) is 1.80. The molecule has 1 aliphatic rings. The molecule has 0 amide bonds. The van der Waals surface area contributed by atoms with Crippen molar-refractivity contribution < 1.29 is 4.74 Å². The maximum absolute atomic E-state index is 5.78. The molecule has 1 aromatic heterocycles. The van der Waals surface area contributed by atoms with Crippen LogP contribution in [0, 0.1) is 10.5 Å². The number of aryl methyl sites for hydroxylation is 1. The predicted molar refractivity (Wildman–Crippen MR) is 85.4 cm³/mol. The van der Waals surface area contributed by atoms with Gasteiger partial charge in [0.05, 0.1) is 9.26 Å². The Labute approximate surface area is 128 Å². The van der Waals surface area contributed by atoms with Crippen molar-refractivity contribution in [3.8, 4) is 0 Å². The summed E-state index contributed by atoms with van der Waals surface area (Å²) in [6, 6.07) is 0. The fourth-order valence-corrected chi connectivity index (χ4v) is 3.02. The van der Waals surface area contributed by atoms with Crippen LogP contribution < -0.4 is 5.32 Å². The molecule has 2 rings (SSSR count). The van der Waals surface area contributed by atoms with Crippen molar-refractivity contribution >= 4 is 28.4 Å². The van der Waals surface area contributed by atoms with Gasteiger partial charge in [-0.1, -0.05) is 6.92 Å². The number of nitrogens with zero attached hydrogens (tertiary/aromatic N) is 2. The maximum atomic E-state index is 5.78. The molecule has 5 heteroatoms. The standard InChI is InChI=1S/C14H22IN3O/c1-4-9-16-12-11(15)10(2)17-13(18-12)14(19-3)7-5-6-8-14/h4-9H2,1-3H3,(H,16,17,18). The number of aromatic nitrogens is 2. The van der Waals surface area contributed by atoms with E-state index < -0.39 is 0 Å². The quantitative estimate of drug-likeness (QED) is 0.799. The zero-order chi connectivity index (χ0) is 13.9. The van der Waals surface area contributed by atoms with E-state index in [1.165, 1.54) is 12.8 Å². The highest BCUT2D eigenvalue weighted by molar-refractivity contribution is 14.1. The van der Waals surface area contributed by atoms with Crippen molar-refractivity contribution in [2.75, 3.05) is 19.0 Å². The van der Waals surface area contributed by atoms with Gasteiger partial charge in [-0.25, -0.2) is 9.97 Å². The maximum Gasteiger partial charge on any atom is 0.162 e. The summed E-state index contributed by atoms with van der Waals surface area (Å²) in [5, 5.41) is 3.39. The SMILES string of the molecule is CCCNc1nc(C2(OC)CCCC2)nc(C)c1I. The molecule has 1 aliphatic carbocycles. The third-order valence-electron chi connectivity index (χ3n) is 3.77. The first-order valence-electron chi connectivity index (χ1n) is 6.96. The van der Waals surface area contributed by atoms with Crippen molar-refractivity contribution in [3.63, 3.8) is 0 Å². The summed E-state index contributed by atoms with van der Waals surface area (Å²) in [6.45, 7) is 5.14. The largest absolute Gasteiger partial charge is 0.370 e. The molecule has 1 fully saturated rings. The highest BCUT2D eigenvalue weighted by atomic mass is 127. The van der Waals surface area contributed by atoms with E-state index in [9.17, 15) is 0 Å². The summed E-state index contributed by atoms with van der Waals surface area (Å²) in [7, 11) is 1.78. The number of hydrogen-bond donors (Lipinski definition) is 1. The molecule has 1 saturated carbocycles. The third kappa shape index (κ3) is 3.02. The highest BCUT2D eigenvalue weighted by Gasteiger charge is 2.39. The van der Waals surface area contributed by atoms with Crippen LogP contribution in [-0.2, 0) is 10.3 Å². The lowest BCUT2D eigenvalue weighted by Crippen LogP contribution is -2.28. The van der Waals surface area contributed by atoms with Crippen LogP contribution in [-0.4, -0.2) is 23.6 Å². The summed E-state index contributed by atoms with van der Waals surface area (Å²) in [5.41, 5.74) is 0.769. The number of ether oxygens (including phenoxy) is 1. The van der Waals surface area contributed by atoms with Crippen LogP contribution in [0.3, 0.4) is 0 Å². The fraction of sp³-hybridized carbons (Fsp3) is 0.714. The number of hydrogen-bond acceptors (Lipinski definition) is 4. The number of rotatable bonds is 5. The molecular weight excluding hydrogens is 353 g/mol. The molecule has 1 N–H and O–H groups in total. The molecule has 1 heterocycles. The van der Waals surface area contributed by atoms with Gasteiger partial charge in [0.2, 0.25) is 0 Å². The van der Waals surface area contributed by atoms with Crippen molar-refractivity contribution in [1.29, 1.82) is 0 Å². The first-order valence-corrected chi connectivity index (χ1v) is 8.04. The molecule has 0 aliphatic heterocycles. The first kappa shape index (κ1) is 15.0. The Hall–Kier alpha value is -0.430. The van der Waals surface area contributed by atoms with Crippen LogP contribution in [0.2, 0.25) is 0 Å². The van der Waals surface area contributed by atoms with Crippen LogP contribution in [0.5, 0.6) is 0 Å². The Morgan fingerprint density at radius 3 is 2.58 bits per heavy atom. The lowest BCUT2D eigenvalue weighted by atomic mass is 10.0. The molecule has 0 bridgehead atoms. The topological polar surface area (TPSA) is 47.0 Å². The van der Waals surface area contributed by atoms with Crippen LogP contribution in [0.25, 0.3) is 0 Å². The molecule has 0 spiro atoms. The lowest BCUT2D eigenvalue weighted by Gasteiger charge is -2.26. The van der Waals surface area contributed by atoms with E-state index in [4.69, 9.17) is 9.72 Å². The van der Waals surface area contributed by atoms with Gasteiger partial charge in [-0.05, 0) is 61.6 Å². The molecule has 4 nitrogen and oxygen atoms in total. The molecule has 19 heavy (non-hydrogen) atoms. The van der Waals surface area contributed by atoms with Gasteiger partial charge in [-0.15, -0.1) is 0 Å². The minimum absolute atomic E-state index is 0.266. The van der Waals surface area contributed by atoms with Gasteiger partial charge in [0.15, 0.2) is 5.82 Å². The number of anilines is 1. The molecule has 0 atom stereocenters. The van der Waals surface area contributed by atoms with Gasteiger partial charge in [0.1, 0.15) is 11.4 Å². The van der Waals surface area contributed by atoms with Crippen LogP contribution in [0.15, 0.2) is 0 Å². The summed E-state index contributed by atoms with van der Waals surface area (Å²) >= 11 is 2.31. The number of methoxy groups -OCH3 is 1. The average Bonchev–Trinajstić information content (AvgIpc) is 2.90. The zero-order valence-electron chi connectivity index (χ0n) is 11.9. The van der Waals surface area contributed by atoms with E-state index in [-0.39, 0.29) is 5.60 Å². The predicted octanol–water partition coefficient (Wildman–Crippen LogP) is 3.63. The Balaban J connectivity index is 2.37. The molecular formula is C14H22IN3O. The van der Waals surface area contributed by atoms with Gasteiger partial charge < -0.3 is 10.1 Å². The van der Waals surface area contributed by atoms with Crippen molar-refractivity contribution in [2.24, 2.45) is 0 Å². The second kappa shape index (κ2) is 6.35. The summed E-state index contributed by atoms with van der Waals surface area (Å²) in [6.07, 6.45) is 5.53. The Morgan fingerprint density at radius 1 is 1.32 bits per heavy atom. The van der Waals surface area contributed by atoms with Crippen molar-refractivity contribution in [3.05, 3.63) is 15.1 Å². The van der Waals surface area contributed by atoms with E-state index in [1.807, 2.05) is 6.92 Å². The second-order valence-corrected chi connectivity index (χ2v) is 6.21. The van der Waals surface area contributed by atoms with E-state index in [2.05, 4.69) is 39.8 Å². The minimum atomic E-state index is -0.266. The van der Waals surface area contributed by atoms with Crippen molar-refractivity contribution in [1.82, 2.24) is 9.97 Å². The van der Waals surface area contributed by atoms with Gasteiger partial charge >= 0.3 is 0 Å². The minimum Gasteiger partial charge on any atom is -0.370 e. The van der Waals surface area contributed by atoms with Gasteiger partial charge in [-0.2, -0.15) is 0 Å². The second-order valence-electron chi connectivity index (χ2n) is 5.13. The van der Waals surface area contributed by atoms with Crippen LogP contribution >= 0.6 is 22.6 Å². The van der Waals surface area contributed by atoms with Crippen LogP contribution in [0.1, 0.15) is 50.5 Å². The highest BCUT2D eigenvalue weighted by Crippen LogP contribution is 2.40. The summed E-state index contributed by atoms with van der Waals surface area (Å²) in [4.78, 5) is 9.42. The van der Waals surface area contributed by atoms with Gasteiger partial charge in [0, 0.05) is 13.7 Å². The lowest BCUT2D eigenvalue weighted by molar-refractivity contribution is -0.0163. The third-order valence-corrected chi connectivity index (χ3v) is 5.06. The normalized spacial score (nSPS) is 17.7. The fourth-order valence-electron chi connectivity index (χ4n) is 2.59. The first-order chi connectivity index (χ1) is 9.13. The zero-order valence-corrected chi connectivity index (χ0v) is 14.1. The van der Waals surface area contributed by atoms with Crippen molar-refractivity contribution in [2.45, 2.75) is 51.6 Å². The molecule has 1 aromatic rings. The molecule has 0 saturated heterocycles. The van der Waals surface area contributed by atoms with E-state index in [0.29, 0.717) is 0 Å². The van der Waals surface area contributed by atoms with E-state index in [0.717, 1.165) is 46.7 Å². The monoisotopic (exact) mass is 375 g/mol. The Bertz CT molecular complexity index is 445. The molecule has 106 valence electrons. The average molecular weight is 375 g/mol. The molecule has 0 aromatic carbocycles. The Kier molecular flexibility index (Phi) is 5.00. The van der Waals surface area contributed by atoms with E-state index in [1.54, 1.807) is 7.11 Å². The number of halogens is 1. The van der Waals surface area contributed by atoms with E-state index >= 15 is 0 Å². The van der Waals surface area contributed by atoms with Crippen LogP contribution in [0.4, 0.5) is 5.82 Å².